The van der Waals surface area contributed by atoms with Gasteiger partial charge in [0.05, 0.1) is 23.3 Å². The van der Waals surface area contributed by atoms with Crippen LogP contribution in [0.4, 0.5) is 5.69 Å². The molecule has 126 valence electrons. The molecule has 2 aromatic rings. The Balaban J connectivity index is 2.15. The maximum atomic E-state index is 12.4. The predicted molar refractivity (Wildman–Crippen MR) is 89.4 cm³/mol. The zero-order valence-corrected chi connectivity index (χ0v) is 14.1. The molecule has 0 aliphatic heterocycles. The highest BCUT2D eigenvalue weighted by Crippen LogP contribution is 2.19. The molecule has 0 aromatic heterocycles. The highest BCUT2D eigenvalue weighted by Gasteiger charge is 2.16. The lowest BCUT2D eigenvalue weighted by molar-refractivity contribution is -0.114. The van der Waals surface area contributed by atoms with Crippen molar-refractivity contribution in [3.8, 4) is 0 Å². The highest BCUT2D eigenvalue weighted by atomic mass is 32.2. The van der Waals surface area contributed by atoms with Gasteiger partial charge in [-0.05, 0) is 42.0 Å². The van der Waals surface area contributed by atoms with Gasteiger partial charge >= 0.3 is 5.97 Å². The number of esters is 1. The van der Waals surface area contributed by atoms with Crippen LogP contribution in [0.5, 0.6) is 0 Å². The van der Waals surface area contributed by atoms with Crippen LogP contribution in [-0.4, -0.2) is 27.4 Å². The molecule has 1 N–H and O–H groups in total. The monoisotopic (exact) mass is 347 g/mol. The fourth-order valence-electron chi connectivity index (χ4n) is 2.11. The fraction of sp³-hybridized carbons (Fsp3) is 0.176. The van der Waals surface area contributed by atoms with Gasteiger partial charge < -0.3 is 10.1 Å². The van der Waals surface area contributed by atoms with Crippen molar-refractivity contribution in [1.29, 1.82) is 0 Å². The summed E-state index contributed by atoms with van der Waals surface area (Å²) >= 11 is 0. The van der Waals surface area contributed by atoms with Crippen LogP contribution in [-0.2, 0) is 25.1 Å². The van der Waals surface area contributed by atoms with Crippen molar-refractivity contribution in [2.24, 2.45) is 0 Å². The van der Waals surface area contributed by atoms with E-state index < -0.39 is 15.8 Å². The SMILES string of the molecule is COC(=O)c1ccc(CS(=O)(=O)c2ccc(NC(C)=O)cc2)cc1. The lowest BCUT2D eigenvalue weighted by Crippen LogP contribution is -2.08. The number of rotatable bonds is 5. The molecule has 0 heterocycles. The van der Waals surface area contributed by atoms with Crippen molar-refractivity contribution in [1.82, 2.24) is 0 Å². The number of carbonyl (C=O) groups excluding carboxylic acids is 2. The molecule has 7 heteroatoms. The predicted octanol–water partition coefficient (Wildman–Crippen LogP) is 2.41. The first-order valence-electron chi connectivity index (χ1n) is 7.09. The first-order chi connectivity index (χ1) is 11.3. The average Bonchev–Trinajstić information content (AvgIpc) is 2.54. The van der Waals surface area contributed by atoms with Crippen molar-refractivity contribution in [2.45, 2.75) is 17.6 Å². The molecule has 0 spiro atoms. The van der Waals surface area contributed by atoms with Gasteiger partial charge in [-0.2, -0.15) is 0 Å². The van der Waals surface area contributed by atoms with E-state index >= 15 is 0 Å². The molecule has 0 saturated carbocycles. The van der Waals surface area contributed by atoms with Gasteiger partial charge in [-0.15, -0.1) is 0 Å². The third kappa shape index (κ3) is 4.42. The first kappa shape index (κ1) is 17.7. The van der Waals surface area contributed by atoms with Crippen molar-refractivity contribution < 1.29 is 22.7 Å². The summed E-state index contributed by atoms with van der Waals surface area (Å²) in [4.78, 5) is 22.5. The molecule has 0 radical (unpaired) electrons. The van der Waals surface area contributed by atoms with Gasteiger partial charge in [0.15, 0.2) is 9.84 Å². The molecule has 6 nitrogen and oxygen atoms in total. The second-order valence-corrected chi connectivity index (χ2v) is 7.14. The van der Waals surface area contributed by atoms with Gasteiger partial charge in [0.25, 0.3) is 0 Å². The average molecular weight is 347 g/mol. The van der Waals surface area contributed by atoms with Crippen LogP contribution in [0, 0.1) is 0 Å². The van der Waals surface area contributed by atoms with Gasteiger partial charge in [0, 0.05) is 12.6 Å². The topological polar surface area (TPSA) is 89.5 Å². The van der Waals surface area contributed by atoms with Gasteiger partial charge in [0.1, 0.15) is 0 Å². The van der Waals surface area contributed by atoms with E-state index in [0.29, 0.717) is 16.8 Å². The third-order valence-corrected chi connectivity index (χ3v) is 4.97. The molecule has 0 fully saturated rings. The Labute approximate surface area is 140 Å². The van der Waals surface area contributed by atoms with E-state index in [4.69, 9.17) is 0 Å². The molecule has 0 atom stereocenters. The lowest BCUT2D eigenvalue weighted by Gasteiger charge is -2.07. The van der Waals surface area contributed by atoms with E-state index in [1.807, 2.05) is 0 Å². The molecule has 1 amide bonds. The molecular weight excluding hydrogens is 330 g/mol. The summed E-state index contributed by atoms with van der Waals surface area (Å²) < 4.78 is 29.5. The summed E-state index contributed by atoms with van der Waals surface area (Å²) in [5.74, 6) is -0.886. The minimum Gasteiger partial charge on any atom is -0.465 e. The van der Waals surface area contributed by atoms with E-state index in [1.165, 1.54) is 50.4 Å². The van der Waals surface area contributed by atoms with Crippen molar-refractivity contribution in [3.63, 3.8) is 0 Å². The number of methoxy groups -OCH3 is 1. The number of amides is 1. The Morgan fingerprint density at radius 1 is 1.00 bits per heavy atom. The molecule has 24 heavy (non-hydrogen) atoms. The number of anilines is 1. The Hall–Kier alpha value is -2.67. The number of benzene rings is 2. The van der Waals surface area contributed by atoms with Crippen molar-refractivity contribution in [3.05, 3.63) is 59.7 Å². The minimum atomic E-state index is -3.53. The van der Waals surface area contributed by atoms with Crippen LogP contribution in [0.15, 0.2) is 53.4 Å². The van der Waals surface area contributed by atoms with E-state index in [9.17, 15) is 18.0 Å². The molecular formula is C17H17NO5S. The minimum absolute atomic E-state index is 0.161. The van der Waals surface area contributed by atoms with E-state index in [-0.39, 0.29) is 16.6 Å². The molecule has 2 rings (SSSR count). The summed E-state index contributed by atoms with van der Waals surface area (Å²) in [5.41, 5.74) is 1.45. The Morgan fingerprint density at radius 3 is 2.08 bits per heavy atom. The smallest absolute Gasteiger partial charge is 0.337 e. The number of hydrogen-bond donors (Lipinski definition) is 1. The maximum Gasteiger partial charge on any atom is 0.337 e. The number of sulfone groups is 1. The number of nitrogens with one attached hydrogen (secondary N) is 1. The van der Waals surface area contributed by atoms with Crippen LogP contribution in [0.2, 0.25) is 0 Å². The van der Waals surface area contributed by atoms with Crippen LogP contribution >= 0.6 is 0 Å². The standard InChI is InChI=1S/C17H17NO5S/c1-12(19)18-15-7-9-16(10-8-15)24(21,22)11-13-3-5-14(6-4-13)17(20)23-2/h3-10H,11H2,1-2H3,(H,18,19). The van der Waals surface area contributed by atoms with E-state index in [1.54, 1.807) is 12.1 Å². The van der Waals surface area contributed by atoms with Crippen LogP contribution in [0.25, 0.3) is 0 Å². The molecule has 0 saturated heterocycles. The molecule has 0 unspecified atom stereocenters. The van der Waals surface area contributed by atoms with Crippen LogP contribution in [0.3, 0.4) is 0 Å². The summed E-state index contributed by atoms with van der Waals surface area (Å²) in [6, 6.07) is 12.2. The summed E-state index contributed by atoms with van der Waals surface area (Å²) in [7, 11) is -2.24. The van der Waals surface area contributed by atoms with Crippen molar-refractivity contribution in [2.75, 3.05) is 12.4 Å². The fourth-order valence-corrected chi connectivity index (χ4v) is 3.46. The number of hydrogen-bond acceptors (Lipinski definition) is 5. The van der Waals surface area contributed by atoms with Gasteiger partial charge in [-0.3, -0.25) is 4.79 Å². The quantitative estimate of drug-likeness (QED) is 0.839. The summed E-state index contributed by atoms with van der Waals surface area (Å²) in [5, 5.41) is 2.58. The second kappa shape index (κ2) is 7.27. The molecule has 2 aromatic carbocycles. The van der Waals surface area contributed by atoms with Gasteiger partial charge in [-0.1, -0.05) is 12.1 Å². The van der Waals surface area contributed by atoms with E-state index in [0.717, 1.165) is 0 Å². The van der Waals surface area contributed by atoms with Crippen molar-refractivity contribution >= 4 is 27.4 Å². The summed E-state index contributed by atoms with van der Waals surface area (Å²) in [6.07, 6.45) is 0. The normalized spacial score (nSPS) is 10.9. The summed E-state index contributed by atoms with van der Waals surface area (Å²) in [6.45, 7) is 1.38. The van der Waals surface area contributed by atoms with Crippen LogP contribution in [0.1, 0.15) is 22.8 Å². The Morgan fingerprint density at radius 2 is 1.58 bits per heavy atom. The zero-order valence-electron chi connectivity index (χ0n) is 13.3. The number of carbonyl (C=O) groups is 2. The molecule has 0 bridgehead atoms. The third-order valence-electron chi connectivity index (χ3n) is 3.27. The first-order valence-corrected chi connectivity index (χ1v) is 8.75. The Kier molecular flexibility index (Phi) is 5.35. The number of ether oxygens (including phenoxy) is 1. The zero-order chi connectivity index (χ0) is 17.7. The Bertz CT molecular complexity index is 840. The largest absolute Gasteiger partial charge is 0.465 e. The highest BCUT2D eigenvalue weighted by molar-refractivity contribution is 7.90. The van der Waals surface area contributed by atoms with Crippen LogP contribution < -0.4 is 5.32 Å². The molecule has 0 aliphatic rings. The second-order valence-electron chi connectivity index (χ2n) is 5.15. The lowest BCUT2D eigenvalue weighted by atomic mass is 10.1. The van der Waals surface area contributed by atoms with Gasteiger partial charge in [0.2, 0.25) is 5.91 Å². The molecule has 0 aliphatic carbocycles. The van der Waals surface area contributed by atoms with Gasteiger partial charge in [-0.25, -0.2) is 13.2 Å². The maximum absolute atomic E-state index is 12.4. The van der Waals surface area contributed by atoms with E-state index in [2.05, 4.69) is 10.1 Å².